The molecule has 0 aromatic carbocycles. The molecule has 2 aromatic rings. The minimum absolute atomic E-state index is 0.434. The fraction of sp³-hybridized carbons (Fsp3) is 0.182. The average molecular weight is 254 g/mol. The molecular formula is C11H10O3S2. The molecule has 5 heteroatoms. The molecule has 2 unspecified atom stereocenters. The highest BCUT2D eigenvalue weighted by Crippen LogP contribution is 2.24. The van der Waals surface area contributed by atoms with Gasteiger partial charge in [-0.2, -0.15) is 0 Å². The number of aliphatic hydroxyl groups is 2. The van der Waals surface area contributed by atoms with Crippen molar-refractivity contribution in [2.45, 2.75) is 12.2 Å². The van der Waals surface area contributed by atoms with Crippen LogP contribution in [0.25, 0.3) is 0 Å². The molecule has 84 valence electrons. The maximum Gasteiger partial charge on any atom is 0.204 e. The van der Waals surface area contributed by atoms with Gasteiger partial charge in [0.15, 0.2) is 0 Å². The van der Waals surface area contributed by atoms with Gasteiger partial charge in [0, 0.05) is 4.88 Å². The van der Waals surface area contributed by atoms with Crippen LogP contribution in [0.15, 0.2) is 35.0 Å². The highest BCUT2D eigenvalue weighted by molar-refractivity contribution is 7.12. The lowest BCUT2D eigenvalue weighted by Crippen LogP contribution is -2.26. The molecule has 0 saturated heterocycles. The molecule has 2 N–H and O–H groups in total. The summed E-state index contributed by atoms with van der Waals surface area (Å²) in [6.45, 7) is 0. The number of thiophene rings is 2. The van der Waals surface area contributed by atoms with Crippen LogP contribution < -0.4 is 0 Å². The lowest BCUT2D eigenvalue weighted by atomic mass is 10.1. The Kier molecular flexibility index (Phi) is 3.50. The minimum Gasteiger partial charge on any atom is -0.384 e. The van der Waals surface area contributed by atoms with Crippen LogP contribution in [0.2, 0.25) is 0 Å². The second kappa shape index (κ2) is 4.88. The Hall–Kier alpha value is -1.01. The van der Waals surface area contributed by atoms with Gasteiger partial charge in [0.2, 0.25) is 5.78 Å². The van der Waals surface area contributed by atoms with E-state index >= 15 is 0 Å². The van der Waals surface area contributed by atoms with Crippen molar-refractivity contribution in [3.8, 4) is 0 Å². The molecular weight excluding hydrogens is 244 g/mol. The molecule has 0 spiro atoms. The molecule has 3 nitrogen and oxygen atoms in total. The summed E-state index contributed by atoms with van der Waals surface area (Å²) in [5.41, 5.74) is 0. The van der Waals surface area contributed by atoms with Crippen molar-refractivity contribution in [2.75, 3.05) is 0 Å². The lowest BCUT2D eigenvalue weighted by Gasteiger charge is -2.14. The van der Waals surface area contributed by atoms with E-state index in [1.54, 1.807) is 35.0 Å². The molecule has 2 heterocycles. The number of carbonyl (C=O) groups is 1. The number of hydrogen-bond donors (Lipinski definition) is 2. The predicted octanol–water partition coefficient (Wildman–Crippen LogP) is 2.09. The largest absolute Gasteiger partial charge is 0.384 e. The zero-order valence-corrected chi connectivity index (χ0v) is 9.87. The van der Waals surface area contributed by atoms with E-state index < -0.39 is 18.0 Å². The Bertz CT molecular complexity index is 448. The number of carbonyl (C=O) groups excluding carboxylic acids is 1. The summed E-state index contributed by atoms with van der Waals surface area (Å²) in [6, 6.07) is 6.84. The summed E-state index contributed by atoms with van der Waals surface area (Å²) in [4.78, 5) is 12.8. The van der Waals surface area contributed by atoms with Gasteiger partial charge in [0.05, 0.1) is 4.88 Å². The number of aliphatic hydroxyl groups excluding tert-OH is 2. The van der Waals surface area contributed by atoms with Crippen molar-refractivity contribution in [3.05, 3.63) is 44.8 Å². The predicted molar refractivity (Wildman–Crippen MR) is 63.9 cm³/mol. The van der Waals surface area contributed by atoms with E-state index in [0.717, 1.165) is 0 Å². The van der Waals surface area contributed by atoms with Crippen LogP contribution in [0, 0.1) is 0 Å². The van der Waals surface area contributed by atoms with E-state index in [1.165, 1.54) is 22.7 Å². The van der Waals surface area contributed by atoms with Crippen molar-refractivity contribution >= 4 is 28.5 Å². The highest BCUT2D eigenvalue weighted by Gasteiger charge is 2.27. The fourth-order valence-electron chi connectivity index (χ4n) is 1.32. The van der Waals surface area contributed by atoms with Gasteiger partial charge < -0.3 is 10.2 Å². The van der Waals surface area contributed by atoms with Crippen molar-refractivity contribution < 1.29 is 15.0 Å². The minimum atomic E-state index is -1.39. The van der Waals surface area contributed by atoms with Crippen LogP contribution in [0.3, 0.4) is 0 Å². The Balaban J connectivity index is 2.14. The summed E-state index contributed by atoms with van der Waals surface area (Å²) in [6.07, 6.45) is -2.54. The quantitative estimate of drug-likeness (QED) is 0.821. The molecule has 2 atom stereocenters. The fourth-order valence-corrected chi connectivity index (χ4v) is 2.76. The zero-order valence-electron chi connectivity index (χ0n) is 8.24. The zero-order chi connectivity index (χ0) is 11.5. The molecule has 0 bridgehead atoms. The molecule has 2 aromatic heterocycles. The van der Waals surface area contributed by atoms with Gasteiger partial charge >= 0.3 is 0 Å². The maximum absolute atomic E-state index is 11.7. The Morgan fingerprint density at radius 2 is 1.81 bits per heavy atom. The number of hydrogen-bond acceptors (Lipinski definition) is 5. The molecule has 0 aliphatic heterocycles. The molecule has 0 aliphatic carbocycles. The lowest BCUT2D eigenvalue weighted by molar-refractivity contribution is 0.0222. The Morgan fingerprint density at radius 1 is 1.12 bits per heavy atom. The van der Waals surface area contributed by atoms with E-state index in [2.05, 4.69) is 0 Å². The van der Waals surface area contributed by atoms with Crippen molar-refractivity contribution in [3.63, 3.8) is 0 Å². The molecule has 0 amide bonds. The van der Waals surface area contributed by atoms with Crippen LogP contribution in [0.4, 0.5) is 0 Å². The summed E-state index contributed by atoms with van der Waals surface area (Å²) >= 11 is 2.57. The van der Waals surface area contributed by atoms with Crippen LogP contribution in [0.5, 0.6) is 0 Å². The first-order valence-electron chi connectivity index (χ1n) is 4.67. The first-order chi connectivity index (χ1) is 7.70. The average Bonchev–Trinajstić information content (AvgIpc) is 2.97. The number of Topliss-reactive ketones (excluding diaryl/α,β-unsaturated/α-hetero) is 1. The van der Waals surface area contributed by atoms with Crippen molar-refractivity contribution in [1.29, 1.82) is 0 Å². The standard InChI is InChI=1S/C11H10O3S2/c12-9(7-3-1-5-15-7)11(14)10(13)8-4-2-6-16-8/h1-6,9,11-12,14H. The van der Waals surface area contributed by atoms with E-state index in [0.29, 0.717) is 9.75 Å². The summed E-state index contributed by atoms with van der Waals surface area (Å²) < 4.78 is 0. The maximum atomic E-state index is 11.7. The van der Waals surface area contributed by atoms with Crippen molar-refractivity contribution in [1.82, 2.24) is 0 Å². The molecule has 2 rings (SSSR count). The van der Waals surface area contributed by atoms with Gasteiger partial charge in [-0.15, -0.1) is 22.7 Å². The topological polar surface area (TPSA) is 57.5 Å². The number of rotatable bonds is 4. The van der Waals surface area contributed by atoms with E-state index in [1.807, 2.05) is 0 Å². The van der Waals surface area contributed by atoms with Crippen LogP contribution in [0.1, 0.15) is 20.7 Å². The van der Waals surface area contributed by atoms with E-state index in [-0.39, 0.29) is 0 Å². The summed E-state index contributed by atoms with van der Waals surface area (Å²) in [5.74, 6) is -0.434. The Labute approximate surface area is 101 Å². The van der Waals surface area contributed by atoms with Crippen LogP contribution >= 0.6 is 22.7 Å². The second-order valence-corrected chi connectivity index (χ2v) is 5.17. The second-order valence-electron chi connectivity index (χ2n) is 3.25. The number of ketones is 1. The van der Waals surface area contributed by atoms with Gasteiger partial charge in [-0.25, -0.2) is 0 Å². The first kappa shape index (κ1) is 11.5. The molecule has 16 heavy (non-hydrogen) atoms. The molecule has 0 aliphatic rings. The molecule has 0 fully saturated rings. The first-order valence-corrected chi connectivity index (χ1v) is 6.43. The third kappa shape index (κ3) is 2.22. The Morgan fingerprint density at radius 3 is 2.38 bits per heavy atom. The monoisotopic (exact) mass is 254 g/mol. The summed E-state index contributed by atoms with van der Waals surface area (Å²) in [7, 11) is 0. The van der Waals surface area contributed by atoms with Gasteiger partial charge in [0.25, 0.3) is 0 Å². The molecule has 0 radical (unpaired) electrons. The third-order valence-corrected chi connectivity index (χ3v) is 3.99. The highest BCUT2D eigenvalue weighted by atomic mass is 32.1. The van der Waals surface area contributed by atoms with Gasteiger partial charge in [-0.05, 0) is 22.9 Å². The van der Waals surface area contributed by atoms with Crippen LogP contribution in [-0.2, 0) is 0 Å². The molecule has 0 saturated carbocycles. The van der Waals surface area contributed by atoms with E-state index in [4.69, 9.17) is 0 Å². The third-order valence-electron chi connectivity index (χ3n) is 2.17. The normalized spacial score (nSPS) is 14.6. The summed E-state index contributed by atoms with van der Waals surface area (Å²) in [5, 5.41) is 23.1. The van der Waals surface area contributed by atoms with Crippen molar-refractivity contribution in [2.24, 2.45) is 0 Å². The smallest absolute Gasteiger partial charge is 0.204 e. The van der Waals surface area contributed by atoms with E-state index in [9.17, 15) is 15.0 Å². The van der Waals surface area contributed by atoms with Gasteiger partial charge in [-0.1, -0.05) is 12.1 Å². The SMILES string of the molecule is O=C(c1cccs1)C(O)C(O)c1cccs1. The van der Waals surface area contributed by atoms with Gasteiger partial charge in [-0.3, -0.25) is 4.79 Å². The van der Waals surface area contributed by atoms with Crippen LogP contribution in [-0.4, -0.2) is 22.1 Å². The van der Waals surface area contributed by atoms with Gasteiger partial charge in [0.1, 0.15) is 12.2 Å².